The maximum absolute atomic E-state index is 12.2. The first kappa shape index (κ1) is 17.7. The maximum Gasteiger partial charge on any atom is 0.269 e. The van der Waals surface area contributed by atoms with Gasteiger partial charge in [-0.2, -0.15) is 0 Å². The first-order valence-corrected chi connectivity index (χ1v) is 7.34. The molecule has 0 spiro atoms. The Morgan fingerprint density at radius 3 is 2.58 bits per heavy atom. The first-order chi connectivity index (χ1) is 11.4. The number of methoxy groups -OCH3 is 1. The molecule has 0 aliphatic rings. The van der Waals surface area contributed by atoms with Crippen molar-refractivity contribution in [2.45, 2.75) is 6.10 Å². The molecule has 1 atom stereocenters. The summed E-state index contributed by atoms with van der Waals surface area (Å²) in [5, 5.41) is 23.7. The zero-order chi connectivity index (χ0) is 17.7. The van der Waals surface area contributed by atoms with Crippen molar-refractivity contribution in [3.05, 3.63) is 68.7 Å². The van der Waals surface area contributed by atoms with Crippen LogP contribution in [-0.2, 0) is 0 Å². The van der Waals surface area contributed by atoms with Gasteiger partial charge in [0.15, 0.2) is 0 Å². The molecular formula is C16H15ClN2O5. The maximum atomic E-state index is 12.2. The van der Waals surface area contributed by atoms with E-state index in [-0.39, 0.29) is 17.8 Å². The van der Waals surface area contributed by atoms with Crippen LogP contribution in [0.25, 0.3) is 0 Å². The van der Waals surface area contributed by atoms with Crippen LogP contribution in [0.4, 0.5) is 5.69 Å². The van der Waals surface area contributed by atoms with Gasteiger partial charge >= 0.3 is 0 Å². The number of aliphatic hydroxyl groups excluding tert-OH is 1. The number of nitrogens with zero attached hydrogens (tertiary/aromatic N) is 1. The molecule has 0 heterocycles. The van der Waals surface area contributed by atoms with Gasteiger partial charge < -0.3 is 15.2 Å². The van der Waals surface area contributed by atoms with Crippen molar-refractivity contribution >= 4 is 23.2 Å². The van der Waals surface area contributed by atoms with Crippen molar-refractivity contribution in [2.75, 3.05) is 13.7 Å². The van der Waals surface area contributed by atoms with Gasteiger partial charge in [0.1, 0.15) is 5.75 Å². The van der Waals surface area contributed by atoms with E-state index in [0.717, 1.165) is 0 Å². The number of halogens is 1. The van der Waals surface area contributed by atoms with E-state index in [4.69, 9.17) is 16.3 Å². The van der Waals surface area contributed by atoms with Crippen LogP contribution in [0, 0.1) is 10.1 Å². The van der Waals surface area contributed by atoms with Gasteiger partial charge in [0.2, 0.25) is 0 Å². The third-order valence-electron chi connectivity index (χ3n) is 3.35. The van der Waals surface area contributed by atoms with Crippen LogP contribution >= 0.6 is 11.6 Å². The highest BCUT2D eigenvalue weighted by atomic mass is 35.5. The molecule has 7 nitrogen and oxygen atoms in total. The number of nitro groups is 1. The topological polar surface area (TPSA) is 102 Å². The van der Waals surface area contributed by atoms with Gasteiger partial charge in [0, 0.05) is 23.7 Å². The number of benzene rings is 2. The summed E-state index contributed by atoms with van der Waals surface area (Å²) in [5.41, 5.74) is 0.638. The quantitative estimate of drug-likeness (QED) is 0.616. The Morgan fingerprint density at radius 2 is 2.00 bits per heavy atom. The second-order valence-electron chi connectivity index (χ2n) is 4.92. The van der Waals surface area contributed by atoms with Crippen molar-refractivity contribution < 1.29 is 19.6 Å². The zero-order valence-corrected chi connectivity index (χ0v) is 13.5. The molecule has 0 saturated heterocycles. The van der Waals surface area contributed by atoms with Crippen LogP contribution < -0.4 is 10.1 Å². The van der Waals surface area contributed by atoms with E-state index in [1.165, 1.54) is 37.4 Å². The number of hydrogen-bond acceptors (Lipinski definition) is 5. The monoisotopic (exact) mass is 350 g/mol. The van der Waals surface area contributed by atoms with E-state index in [2.05, 4.69) is 5.32 Å². The summed E-state index contributed by atoms with van der Waals surface area (Å²) in [4.78, 5) is 22.3. The number of carbonyl (C=O) groups is 1. The van der Waals surface area contributed by atoms with Gasteiger partial charge in [0.05, 0.1) is 23.7 Å². The predicted octanol–water partition coefficient (Wildman–Crippen LogP) is 2.72. The lowest BCUT2D eigenvalue weighted by atomic mass is 10.1. The lowest BCUT2D eigenvalue weighted by Gasteiger charge is -2.13. The van der Waals surface area contributed by atoms with Crippen molar-refractivity contribution in [2.24, 2.45) is 0 Å². The highest BCUT2D eigenvalue weighted by Gasteiger charge is 2.16. The number of non-ortho nitro benzene ring substituents is 1. The Hall–Kier alpha value is -2.64. The van der Waals surface area contributed by atoms with Crippen LogP contribution in [0.1, 0.15) is 22.0 Å². The molecule has 126 valence electrons. The Morgan fingerprint density at radius 1 is 1.33 bits per heavy atom. The molecule has 0 bridgehead atoms. The number of hydrogen-bond donors (Lipinski definition) is 2. The summed E-state index contributed by atoms with van der Waals surface area (Å²) < 4.78 is 5.10. The largest absolute Gasteiger partial charge is 0.496 e. The van der Waals surface area contributed by atoms with Crippen molar-refractivity contribution in [3.8, 4) is 5.75 Å². The Labute approximate surface area is 143 Å². The Kier molecular flexibility index (Phi) is 5.73. The second kappa shape index (κ2) is 7.76. The number of ether oxygens (including phenoxy) is 1. The summed E-state index contributed by atoms with van der Waals surface area (Å²) in [5.74, 6) is -0.0861. The molecule has 2 aromatic carbocycles. The molecule has 0 radical (unpaired) electrons. The first-order valence-electron chi connectivity index (χ1n) is 6.96. The van der Waals surface area contributed by atoms with Gasteiger partial charge in [-0.3, -0.25) is 14.9 Å². The molecule has 0 aromatic heterocycles. The Bertz CT molecular complexity index is 749. The van der Waals surface area contributed by atoms with Gasteiger partial charge in [-0.25, -0.2) is 0 Å². The summed E-state index contributed by atoms with van der Waals surface area (Å²) in [7, 11) is 1.44. The summed E-state index contributed by atoms with van der Waals surface area (Å²) in [6.45, 7) is -0.0632. The number of amides is 1. The third-order valence-corrected chi connectivity index (χ3v) is 3.59. The summed E-state index contributed by atoms with van der Waals surface area (Å²) >= 11 is 5.88. The minimum absolute atomic E-state index is 0.0632. The van der Waals surface area contributed by atoms with Crippen LogP contribution in [-0.4, -0.2) is 29.6 Å². The fraction of sp³-hybridized carbons (Fsp3) is 0.188. The lowest BCUT2D eigenvalue weighted by Crippen LogP contribution is -2.28. The molecule has 0 aliphatic carbocycles. The van der Waals surface area contributed by atoms with Gasteiger partial charge in [-0.05, 0) is 35.9 Å². The SMILES string of the molecule is COc1ccc(Cl)cc1C(=O)NC[C@H](O)c1ccc([N+](=O)[O-])cc1. The molecule has 0 aliphatic heterocycles. The summed E-state index contributed by atoms with van der Waals surface area (Å²) in [6.07, 6.45) is -1.00. The normalized spacial score (nSPS) is 11.6. The molecule has 0 fully saturated rings. The van der Waals surface area contributed by atoms with E-state index >= 15 is 0 Å². The number of carbonyl (C=O) groups excluding carboxylic acids is 1. The van der Waals surface area contributed by atoms with Crippen molar-refractivity contribution in [1.29, 1.82) is 0 Å². The fourth-order valence-corrected chi connectivity index (χ4v) is 2.25. The molecule has 24 heavy (non-hydrogen) atoms. The van der Waals surface area contributed by atoms with E-state index in [1.807, 2.05) is 0 Å². The molecule has 8 heteroatoms. The van der Waals surface area contributed by atoms with Crippen LogP contribution in [0.2, 0.25) is 5.02 Å². The van der Waals surface area contributed by atoms with Gasteiger partial charge in [0.25, 0.3) is 11.6 Å². The van der Waals surface area contributed by atoms with Gasteiger partial charge in [-0.15, -0.1) is 0 Å². The smallest absolute Gasteiger partial charge is 0.269 e. The molecular weight excluding hydrogens is 336 g/mol. The Balaban J connectivity index is 2.03. The average Bonchev–Trinajstić information content (AvgIpc) is 2.59. The number of rotatable bonds is 6. The highest BCUT2D eigenvalue weighted by molar-refractivity contribution is 6.31. The second-order valence-corrected chi connectivity index (χ2v) is 5.36. The van der Waals surface area contributed by atoms with Crippen LogP contribution in [0.5, 0.6) is 5.75 Å². The third kappa shape index (κ3) is 4.21. The molecule has 2 rings (SSSR count). The van der Waals surface area contributed by atoms with E-state index < -0.39 is 16.9 Å². The molecule has 0 saturated carbocycles. The fourth-order valence-electron chi connectivity index (χ4n) is 2.08. The predicted molar refractivity (Wildman–Crippen MR) is 88.4 cm³/mol. The van der Waals surface area contributed by atoms with Crippen LogP contribution in [0.15, 0.2) is 42.5 Å². The molecule has 0 unspecified atom stereocenters. The van der Waals surface area contributed by atoms with E-state index in [9.17, 15) is 20.0 Å². The van der Waals surface area contributed by atoms with E-state index in [1.54, 1.807) is 12.1 Å². The highest BCUT2D eigenvalue weighted by Crippen LogP contribution is 2.23. The number of aliphatic hydroxyl groups is 1. The number of nitro benzene ring substituents is 1. The lowest BCUT2D eigenvalue weighted by molar-refractivity contribution is -0.384. The minimum atomic E-state index is -1.00. The number of nitrogens with one attached hydrogen (secondary N) is 1. The van der Waals surface area contributed by atoms with E-state index in [0.29, 0.717) is 16.3 Å². The molecule has 1 amide bonds. The van der Waals surface area contributed by atoms with Crippen LogP contribution in [0.3, 0.4) is 0 Å². The molecule has 2 N–H and O–H groups in total. The van der Waals surface area contributed by atoms with Crippen molar-refractivity contribution in [1.82, 2.24) is 5.32 Å². The minimum Gasteiger partial charge on any atom is -0.496 e. The summed E-state index contributed by atoms with van der Waals surface area (Å²) in [6, 6.07) is 10.1. The van der Waals surface area contributed by atoms with Gasteiger partial charge in [-0.1, -0.05) is 11.6 Å². The zero-order valence-electron chi connectivity index (χ0n) is 12.7. The standard InChI is InChI=1S/C16H15ClN2O5/c1-24-15-7-4-11(17)8-13(15)16(21)18-9-14(20)10-2-5-12(6-3-10)19(22)23/h2-8,14,20H,9H2,1H3,(H,18,21)/t14-/m0/s1. The average molecular weight is 351 g/mol. The molecule has 2 aromatic rings. The van der Waals surface area contributed by atoms with Crippen molar-refractivity contribution in [3.63, 3.8) is 0 Å².